The lowest BCUT2D eigenvalue weighted by molar-refractivity contribution is -0.141. The molecule has 1 fully saturated rings. The van der Waals surface area contributed by atoms with Gasteiger partial charge in [0.25, 0.3) is 0 Å². The van der Waals surface area contributed by atoms with E-state index in [4.69, 9.17) is 5.11 Å². The van der Waals surface area contributed by atoms with Crippen molar-refractivity contribution in [1.82, 2.24) is 5.32 Å². The summed E-state index contributed by atoms with van der Waals surface area (Å²) >= 11 is 0. The Kier molecular flexibility index (Phi) is 3.43. The van der Waals surface area contributed by atoms with Crippen molar-refractivity contribution in [3.8, 4) is 0 Å². The number of benzene rings is 1. The molecule has 2 unspecified atom stereocenters. The highest BCUT2D eigenvalue weighted by Gasteiger charge is 2.30. The SMILES string of the molecule is Cc1ccc(CF)cc1C1CC(C(=O)O)CN1. The molecule has 1 aliphatic rings. The predicted molar refractivity (Wildman–Crippen MR) is 62.5 cm³/mol. The molecule has 0 amide bonds. The molecule has 1 aromatic rings. The zero-order valence-electron chi connectivity index (χ0n) is 9.74. The van der Waals surface area contributed by atoms with E-state index < -0.39 is 12.6 Å². The number of aliphatic carboxylic acids is 1. The molecule has 0 aliphatic carbocycles. The summed E-state index contributed by atoms with van der Waals surface area (Å²) < 4.78 is 12.6. The molecule has 1 heterocycles. The van der Waals surface area contributed by atoms with E-state index >= 15 is 0 Å². The van der Waals surface area contributed by atoms with Crippen LogP contribution in [-0.2, 0) is 11.5 Å². The second-order valence-electron chi connectivity index (χ2n) is 4.56. The number of carbonyl (C=O) groups is 1. The minimum atomic E-state index is -0.765. The van der Waals surface area contributed by atoms with Crippen LogP contribution < -0.4 is 5.32 Å². The predicted octanol–water partition coefficient (Wildman–Crippen LogP) is 2.20. The topological polar surface area (TPSA) is 49.3 Å². The molecule has 3 nitrogen and oxygen atoms in total. The first kappa shape index (κ1) is 12.0. The summed E-state index contributed by atoms with van der Waals surface area (Å²) in [6, 6.07) is 5.52. The number of hydrogen-bond donors (Lipinski definition) is 2. The van der Waals surface area contributed by atoms with Gasteiger partial charge < -0.3 is 10.4 Å². The standard InChI is InChI=1S/C13H16FNO2/c1-8-2-3-9(6-14)4-11(8)12-5-10(7-15-12)13(16)17/h2-4,10,12,15H,5-7H2,1H3,(H,16,17). The summed E-state index contributed by atoms with van der Waals surface area (Å²) in [4.78, 5) is 10.9. The number of hydrogen-bond acceptors (Lipinski definition) is 2. The van der Waals surface area contributed by atoms with Crippen molar-refractivity contribution in [3.63, 3.8) is 0 Å². The largest absolute Gasteiger partial charge is 0.481 e. The van der Waals surface area contributed by atoms with E-state index in [1.54, 1.807) is 6.07 Å². The highest BCUT2D eigenvalue weighted by molar-refractivity contribution is 5.70. The maximum Gasteiger partial charge on any atom is 0.307 e. The maximum atomic E-state index is 12.6. The molecule has 1 aromatic carbocycles. The average molecular weight is 237 g/mol. The number of carboxylic acids is 1. The third-order valence-electron chi connectivity index (χ3n) is 3.35. The van der Waals surface area contributed by atoms with Gasteiger partial charge in [-0.25, -0.2) is 4.39 Å². The maximum absolute atomic E-state index is 12.6. The van der Waals surface area contributed by atoms with Gasteiger partial charge in [0.1, 0.15) is 6.67 Å². The highest BCUT2D eigenvalue weighted by atomic mass is 19.1. The van der Waals surface area contributed by atoms with E-state index in [9.17, 15) is 9.18 Å². The van der Waals surface area contributed by atoms with E-state index in [1.165, 1.54) is 0 Å². The Balaban J connectivity index is 2.20. The minimum absolute atomic E-state index is 0.0302. The molecular formula is C13H16FNO2. The normalized spacial score (nSPS) is 23.9. The molecule has 1 saturated heterocycles. The molecule has 0 radical (unpaired) electrons. The monoisotopic (exact) mass is 237 g/mol. The summed E-state index contributed by atoms with van der Waals surface area (Å²) in [5.41, 5.74) is 2.74. The van der Waals surface area contributed by atoms with Gasteiger partial charge in [0.05, 0.1) is 5.92 Å². The fraction of sp³-hybridized carbons (Fsp3) is 0.462. The van der Waals surface area contributed by atoms with E-state index in [0.29, 0.717) is 18.5 Å². The highest BCUT2D eigenvalue weighted by Crippen LogP contribution is 2.30. The van der Waals surface area contributed by atoms with E-state index in [2.05, 4.69) is 5.32 Å². The lowest BCUT2D eigenvalue weighted by Gasteiger charge is -2.14. The molecule has 0 bridgehead atoms. The smallest absolute Gasteiger partial charge is 0.307 e. The van der Waals surface area contributed by atoms with Crippen LogP contribution in [0, 0.1) is 12.8 Å². The first-order chi connectivity index (χ1) is 8.11. The van der Waals surface area contributed by atoms with Crippen LogP contribution in [0.5, 0.6) is 0 Å². The molecule has 4 heteroatoms. The summed E-state index contributed by atoms with van der Waals surface area (Å²) in [6.07, 6.45) is 0.575. The van der Waals surface area contributed by atoms with Gasteiger partial charge in [-0.05, 0) is 30.0 Å². The molecule has 2 atom stereocenters. The molecule has 0 spiro atoms. The Labute approximate surface area is 99.7 Å². The van der Waals surface area contributed by atoms with Crippen molar-refractivity contribution in [2.75, 3.05) is 6.54 Å². The Hall–Kier alpha value is -1.42. The lowest BCUT2D eigenvalue weighted by atomic mass is 9.95. The first-order valence-electron chi connectivity index (χ1n) is 5.73. The van der Waals surface area contributed by atoms with Gasteiger partial charge in [0, 0.05) is 12.6 Å². The number of halogens is 1. The molecule has 0 aromatic heterocycles. The number of rotatable bonds is 3. The molecule has 0 saturated carbocycles. The Bertz CT molecular complexity index is 433. The van der Waals surface area contributed by atoms with Crippen LogP contribution in [0.2, 0.25) is 0 Å². The van der Waals surface area contributed by atoms with Gasteiger partial charge >= 0.3 is 5.97 Å². The molecule has 17 heavy (non-hydrogen) atoms. The van der Waals surface area contributed by atoms with Crippen LogP contribution >= 0.6 is 0 Å². The lowest BCUT2D eigenvalue weighted by Crippen LogP contribution is -2.17. The second-order valence-corrected chi connectivity index (χ2v) is 4.56. The third-order valence-corrected chi connectivity index (χ3v) is 3.35. The van der Waals surface area contributed by atoms with E-state index in [1.807, 2.05) is 19.1 Å². The van der Waals surface area contributed by atoms with Gasteiger partial charge in [0.2, 0.25) is 0 Å². The van der Waals surface area contributed by atoms with Crippen LogP contribution in [0.3, 0.4) is 0 Å². The summed E-state index contributed by atoms with van der Waals surface area (Å²) in [6.45, 7) is 1.97. The molecule has 92 valence electrons. The zero-order valence-corrected chi connectivity index (χ0v) is 9.74. The van der Waals surface area contributed by atoms with Crippen molar-refractivity contribution >= 4 is 5.97 Å². The van der Waals surface area contributed by atoms with Crippen molar-refractivity contribution in [3.05, 3.63) is 34.9 Å². The van der Waals surface area contributed by atoms with Gasteiger partial charge in [-0.1, -0.05) is 18.2 Å². The third kappa shape index (κ3) is 2.47. The number of carboxylic acid groups (broad SMARTS) is 1. The number of aryl methyl sites for hydroxylation is 1. The van der Waals surface area contributed by atoms with Gasteiger partial charge in [0.15, 0.2) is 0 Å². The molecule has 1 aliphatic heterocycles. The van der Waals surface area contributed by atoms with Gasteiger partial charge in [-0.15, -0.1) is 0 Å². The quantitative estimate of drug-likeness (QED) is 0.847. The molecule has 2 rings (SSSR count). The minimum Gasteiger partial charge on any atom is -0.481 e. The number of nitrogens with one attached hydrogen (secondary N) is 1. The van der Waals surface area contributed by atoms with Crippen molar-refractivity contribution in [2.24, 2.45) is 5.92 Å². The van der Waals surface area contributed by atoms with Gasteiger partial charge in [-0.3, -0.25) is 4.79 Å². The molecular weight excluding hydrogens is 221 g/mol. The van der Waals surface area contributed by atoms with Crippen LogP contribution in [-0.4, -0.2) is 17.6 Å². The second kappa shape index (κ2) is 4.84. The zero-order chi connectivity index (χ0) is 12.4. The van der Waals surface area contributed by atoms with Crippen LogP contribution in [0.15, 0.2) is 18.2 Å². The number of alkyl halides is 1. The Morgan fingerprint density at radius 3 is 2.94 bits per heavy atom. The average Bonchev–Trinajstić information content (AvgIpc) is 2.79. The fourth-order valence-electron chi connectivity index (χ4n) is 2.31. The van der Waals surface area contributed by atoms with E-state index in [0.717, 1.165) is 11.1 Å². The Morgan fingerprint density at radius 2 is 2.35 bits per heavy atom. The summed E-state index contributed by atoms with van der Waals surface area (Å²) in [5, 5.41) is 12.1. The van der Waals surface area contributed by atoms with Crippen molar-refractivity contribution in [2.45, 2.75) is 26.1 Å². The Morgan fingerprint density at radius 1 is 1.59 bits per heavy atom. The van der Waals surface area contributed by atoms with Crippen molar-refractivity contribution < 1.29 is 14.3 Å². The van der Waals surface area contributed by atoms with E-state index in [-0.39, 0.29) is 12.0 Å². The fourth-order valence-corrected chi connectivity index (χ4v) is 2.31. The van der Waals surface area contributed by atoms with Crippen LogP contribution in [0.1, 0.15) is 29.2 Å². The van der Waals surface area contributed by atoms with Crippen LogP contribution in [0.4, 0.5) is 4.39 Å². The summed E-state index contributed by atoms with van der Waals surface area (Å²) in [5.74, 6) is -1.10. The molecule has 2 N–H and O–H groups in total. The summed E-state index contributed by atoms with van der Waals surface area (Å²) in [7, 11) is 0. The first-order valence-corrected chi connectivity index (χ1v) is 5.73. The van der Waals surface area contributed by atoms with Crippen molar-refractivity contribution in [1.29, 1.82) is 0 Å². The van der Waals surface area contributed by atoms with Gasteiger partial charge in [-0.2, -0.15) is 0 Å². The van der Waals surface area contributed by atoms with Crippen LogP contribution in [0.25, 0.3) is 0 Å².